The molecule has 3 heterocycles. The Morgan fingerprint density at radius 1 is 1.14 bits per heavy atom. The summed E-state index contributed by atoms with van der Waals surface area (Å²) >= 11 is 6.65. The van der Waals surface area contributed by atoms with Crippen molar-refractivity contribution in [2.24, 2.45) is 0 Å². The summed E-state index contributed by atoms with van der Waals surface area (Å²) in [4.78, 5) is 29.3. The first-order valence-electron chi connectivity index (χ1n) is 9.54. The Bertz CT molecular complexity index is 831. The minimum absolute atomic E-state index is 0.107. The van der Waals surface area contributed by atoms with E-state index in [4.69, 9.17) is 21.7 Å². The molecule has 0 unspecified atom stereocenters. The van der Waals surface area contributed by atoms with Gasteiger partial charge in [-0.25, -0.2) is 0 Å². The maximum Gasteiger partial charge on any atom is 0.266 e. The maximum atomic E-state index is 12.8. The third-order valence-corrected chi connectivity index (χ3v) is 6.45. The number of nitrogens with zero attached hydrogens (tertiary/aromatic N) is 2. The largest absolute Gasteiger partial charge is 0.454 e. The van der Waals surface area contributed by atoms with Crippen LogP contribution in [0.5, 0.6) is 11.5 Å². The van der Waals surface area contributed by atoms with E-state index in [1.54, 1.807) is 6.08 Å². The predicted molar refractivity (Wildman–Crippen MR) is 112 cm³/mol. The molecule has 0 spiro atoms. The van der Waals surface area contributed by atoms with Crippen molar-refractivity contribution in [2.75, 3.05) is 26.4 Å². The second-order valence-corrected chi connectivity index (χ2v) is 8.67. The number of hydrogen-bond acceptors (Lipinski definition) is 6. The quantitative estimate of drug-likeness (QED) is 0.552. The second kappa shape index (κ2) is 8.53. The standard InChI is InChI=1S/C20H22N2O4S2/c23-18(21-8-3-1-2-4-9-21)7-10-22-19(24)17(28-20(22)27)12-14-5-6-15-16(11-14)26-13-25-15/h5-6,11-12H,1-4,7-10,13H2/b17-12+. The van der Waals surface area contributed by atoms with E-state index in [2.05, 4.69) is 0 Å². The summed E-state index contributed by atoms with van der Waals surface area (Å²) in [5, 5.41) is 0. The van der Waals surface area contributed by atoms with Crippen LogP contribution in [-0.2, 0) is 9.59 Å². The van der Waals surface area contributed by atoms with Crippen molar-refractivity contribution in [2.45, 2.75) is 32.1 Å². The van der Waals surface area contributed by atoms with E-state index in [1.807, 2.05) is 23.1 Å². The Morgan fingerprint density at radius 2 is 1.89 bits per heavy atom. The van der Waals surface area contributed by atoms with Crippen molar-refractivity contribution < 1.29 is 19.1 Å². The van der Waals surface area contributed by atoms with Gasteiger partial charge in [0.15, 0.2) is 11.5 Å². The molecule has 0 atom stereocenters. The normalized spacial score (nSPS) is 20.8. The van der Waals surface area contributed by atoms with Crippen LogP contribution >= 0.6 is 24.0 Å². The lowest BCUT2D eigenvalue weighted by molar-refractivity contribution is -0.131. The van der Waals surface area contributed by atoms with Crippen LogP contribution in [0.2, 0.25) is 0 Å². The first-order valence-corrected chi connectivity index (χ1v) is 10.8. The highest BCUT2D eigenvalue weighted by atomic mass is 32.2. The number of thioether (sulfide) groups is 1. The summed E-state index contributed by atoms with van der Waals surface area (Å²) in [6.45, 7) is 2.19. The Kier molecular flexibility index (Phi) is 5.87. The predicted octanol–water partition coefficient (Wildman–Crippen LogP) is 3.41. The zero-order valence-corrected chi connectivity index (χ0v) is 17.2. The van der Waals surface area contributed by atoms with Crippen LogP contribution in [0.3, 0.4) is 0 Å². The summed E-state index contributed by atoms with van der Waals surface area (Å²) in [6, 6.07) is 5.55. The lowest BCUT2D eigenvalue weighted by atomic mass is 10.2. The van der Waals surface area contributed by atoms with Gasteiger partial charge in [0.1, 0.15) is 4.32 Å². The molecule has 0 saturated carbocycles. The zero-order chi connectivity index (χ0) is 19.5. The molecule has 2 amide bonds. The molecule has 3 aliphatic heterocycles. The fraction of sp³-hybridized carbons (Fsp3) is 0.450. The van der Waals surface area contributed by atoms with E-state index in [1.165, 1.54) is 29.5 Å². The second-order valence-electron chi connectivity index (χ2n) is 6.99. The van der Waals surface area contributed by atoms with Gasteiger partial charge >= 0.3 is 0 Å². The molecule has 0 radical (unpaired) electrons. The van der Waals surface area contributed by atoms with Crippen LogP contribution in [0.1, 0.15) is 37.7 Å². The summed E-state index contributed by atoms with van der Waals surface area (Å²) < 4.78 is 11.2. The summed E-state index contributed by atoms with van der Waals surface area (Å²) in [5.74, 6) is 1.34. The topological polar surface area (TPSA) is 59.1 Å². The van der Waals surface area contributed by atoms with E-state index < -0.39 is 0 Å². The van der Waals surface area contributed by atoms with Crippen LogP contribution in [0.4, 0.5) is 0 Å². The van der Waals surface area contributed by atoms with Gasteiger partial charge < -0.3 is 14.4 Å². The van der Waals surface area contributed by atoms with Crippen molar-refractivity contribution in [3.8, 4) is 11.5 Å². The summed E-state index contributed by atoms with van der Waals surface area (Å²) in [7, 11) is 0. The van der Waals surface area contributed by atoms with Crippen LogP contribution in [-0.4, -0.2) is 52.4 Å². The molecule has 148 valence electrons. The molecule has 1 aromatic carbocycles. The van der Waals surface area contributed by atoms with E-state index in [0.29, 0.717) is 33.7 Å². The van der Waals surface area contributed by atoms with Crippen molar-refractivity contribution >= 4 is 46.2 Å². The van der Waals surface area contributed by atoms with Crippen LogP contribution < -0.4 is 9.47 Å². The number of ether oxygens (including phenoxy) is 2. The number of thiocarbonyl (C=S) groups is 1. The SMILES string of the molecule is O=C(CCN1C(=O)/C(=C\c2ccc3c(c2)OCO3)SC1=S)N1CCCCCC1. The molecule has 6 nitrogen and oxygen atoms in total. The van der Waals surface area contributed by atoms with Crippen molar-refractivity contribution in [3.63, 3.8) is 0 Å². The van der Waals surface area contributed by atoms with Crippen LogP contribution in [0, 0.1) is 0 Å². The zero-order valence-electron chi connectivity index (χ0n) is 15.5. The lowest BCUT2D eigenvalue weighted by Gasteiger charge is -2.22. The third kappa shape index (κ3) is 4.17. The van der Waals surface area contributed by atoms with Gasteiger partial charge in [-0.3, -0.25) is 14.5 Å². The highest BCUT2D eigenvalue weighted by Gasteiger charge is 2.32. The Hall–Kier alpha value is -2.06. The Balaban J connectivity index is 1.39. The molecule has 2 saturated heterocycles. The molecule has 0 aliphatic carbocycles. The van der Waals surface area contributed by atoms with E-state index in [0.717, 1.165) is 31.5 Å². The highest BCUT2D eigenvalue weighted by Crippen LogP contribution is 2.36. The van der Waals surface area contributed by atoms with Gasteiger partial charge in [0.25, 0.3) is 5.91 Å². The fourth-order valence-electron chi connectivity index (χ4n) is 3.53. The number of carbonyl (C=O) groups excluding carboxylic acids is 2. The van der Waals surface area contributed by atoms with E-state index in [9.17, 15) is 9.59 Å². The van der Waals surface area contributed by atoms with Crippen molar-refractivity contribution in [3.05, 3.63) is 28.7 Å². The molecule has 2 fully saturated rings. The van der Waals surface area contributed by atoms with Gasteiger partial charge in [0.05, 0.1) is 4.91 Å². The van der Waals surface area contributed by atoms with Crippen molar-refractivity contribution in [1.29, 1.82) is 0 Å². The molecule has 0 N–H and O–H groups in total. The number of amides is 2. The highest BCUT2D eigenvalue weighted by molar-refractivity contribution is 8.26. The number of hydrogen-bond donors (Lipinski definition) is 0. The average molecular weight is 419 g/mol. The molecule has 28 heavy (non-hydrogen) atoms. The van der Waals surface area contributed by atoms with Gasteiger partial charge in [-0.1, -0.05) is 42.9 Å². The molecular formula is C20H22N2O4S2. The Labute approximate surface area is 173 Å². The van der Waals surface area contributed by atoms with Gasteiger partial charge in [-0.2, -0.15) is 0 Å². The number of fused-ring (bicyclic) bond motifs is 1. The van der Waals surface area contributed by atoms with Crippen molar-refractivity contribution in [1.82, 2.24) is 9.80 Å². The fourth-order valence-corrected chi connectivity index (χ4v) is 4.84. The molecule has 3 aliphatic rings. The van der Waals surface area contributed by atoms with Gasteiger partial charge in [0, 0.05) is 26.1 Å². The van der Waals surface area contributed by atoms with Crippen LogP contribution in [0.25, 0.3) is 6.08 Å². The van der Waals surface area contributed by atoms with Gasteiger partial charge in [-0.05, 0) is 36.6 Å². The Morgan fingerprint density at radius 3 is 2.68 bits per heavy atom. The van der Waals surface area contributed by atoms with E-state index >= 15 is 0 Å². The smallest absolute Gasteiger partial charge is 0.266 e. The first kappa shape index (κ1) is 19.3. The molecule has 0 aromatic heterocycles. The first-order chi connectivity index (χ1) is 13.6. The lowest BCUT2D eigenvalue weighted by Crippen LogP contribution is -2.36. The van der Waals surface area contributed by atoms with Crippen LogP contribution in [0.15, 0.2) is 23.1 Å². The summed E-state index contributed by atoms with van der Waals surface area (Å²) in [6.07, 6.45) is 6.60. The summed E-state index contributed by atoms with van der Waals surface area (Å²) in [5.41, 5.74) is 0.852. The average Bonchev–Trinajstić information content (AvgIpc) is 3.12. The van der Waals surface area contributed by atoms with Gasteiger partial charge in [0.2, 0.25) is 12.7 Å². The minimum Gasteiger partial charge on any atom is -0.454 e. The molecule has 0 bridgehead atoms. The molecular weight excluding hydrogens is 396 g/mol. The third-order valence-electron chi connectivity index (χ3n) is 5.08. The monoisotopic (exact) mass is 418 g/mol. The minimum atomic E-state index is -0.142. The number of carbonyl (C=O) groups is 2. The van der Waals surface area contributed by atoms with Gasteiger partial charge in [-0.15, -0.1) is 0 Å². The molecule has 1 aromatic rings. The van der Waals surface area contributed by atoms with E-state index in [-0.39, 0.29) is 18.6 Å². The number of benzene rings is 1. The number of likely N-dealkylation sites (tertiary alicyclic amines) is 1. The molecule has 8 heteroatoms. The molecule has 4 rings (SSSR count). The maximum absolute atomic E-state index is 12.8. The number of rotatable bonds is 4.